The molecule has 0 radical (unpaired) electrons. The third kappa shape index (κ3) is 7.16. The lowest BCUT2D eigenvalue weighted by molar-refractivity contribution is -0.141. The van der Waals surface area contributed by atoms with E-state index in [0.717, 1.165) is 41.3 Å². The third-order valence-corrected chi connectivity index (χ3v) is 8.67. The lowest BCUT2D eigenvalue weighted by atomic mass is 9.94. The fraction of sp³-hybridized carbons (Fsp3) is 0.353. The van der Waals surface area contributed by atoms with Gasteiger partial charge in [0.15, 0.2) is 0 Å². The molecule has 1 atom stereocenters. The van der Waals surface area contributed by atoms with Crippen LogP contribution in [0.4, 0.5) is 0 Å². The predicted octanol–water partition coefficient (Wildman–Crippen LogP) is 5.91. The molecule has 2 aliphatic rings. The SMILES string of the molecule is O=C(NC1CCCCC1)[C@@H](Cc1ccccc1)N(Cc1ccc(Br)cc1)C(=O)CCCN1C(=O)c2ccccc2C1=O. The highest BCUT2D eigenvalue weighted by Crippen LogP contribution is 2.24. The lowest BCUT2D eigenvalue weighted by Gasteiger charge is -2.33. The van der Waals surface area contributed by atoms with Gasteiger partial charge in [0.25, 0.3) is 11.8 Å². The molecule has 1 fully saturated rings. The number of hydrogen-bond donors (Lipinski definition) is 1. The highest BCUT2D eigenvalue weighted by Gasteiger charge is 2.36. The van der Waals surface area contributed by atoms with Gasteiger partial charge < -0.3 is 10.2 Å². The molecular weight excluding hydrogens is 594 g/mol. The summed E-state index contributed by atoms with van der Waals surface area (Å²) >= 11 is 3.47. The van der Waals surface area contributed by atoms with Crippen LogP contribution in [0.2, 0.25) is 0 Å². The fourth-order valence-electron chi connectivity index (χ4n) is 5.86. The van der Waals surface area contributed by atoms with Gasteiger partial charge in [-0.3, -0.25) is 24.1 Å². The van der Waals surface area contributed by atoms with Crippen molar-refractivity contribution in [2.75, 3.05) is 6.54 Å². The van der Waals surface area contributed by atoms with Gasteiger partial charge >= 0.3 is 0 Å². The number of amides is 4. The van der Waals surface area contributed by atoms with Crippen LogP contribution in [-0.2, 0) is 22.6 Å². The average molecular weight is 631 g/mol. The summed E-state index contributed by atoms with van der Waals surface area (Å²) in [7, 11) is 0. The minimum atomic E-state index is -0.704. The Morgan fingerprint density at radius 2 is 1.45 bits per heavy atom. The topological polar surface area (TPSA) is 86.8 Å². The zero-order chi connectivity index (χ0) is 29.5. The monoisotopic (exact) mass is 629 g/mol. The van der Waals surface area contributed by atoms with Crippen molar-refractivity contribution in [3.8, 4) is 0 Å². The van der Waals surface area contributed by atoms with Crippen LogP contribution in [0.3, 0.4) is 0 Å². The Hall–Kier alpha value is -3.78. The minimum absolute atomic E-state index is 0.103. The average Bonchev–Trinajstić information content (AvgIpc) is 3.25. The molecule has 0 unspecified atom stereocenters. The summed E-state index contributed by atoms with van der Waals surface area (Å²) in [6.45, 7) is 0.413. The van der Waals surface area contributed by atoms with E-state index in [1.807, 2.05) is 54.6 Å². The number of halogens is 1. The lowest BCUT2D eigenvalue weighted by Crippen LogP contribution is -2.52. The van der Waals surface area contributed by atoms with Crippen LogP contribution < -0.4 is 5.32 Å². The maximum absolute atomic E-state index is 13.9. The third-order valence-electron chi connectivity index (χ3n) is 8.14. The van der Waals surface area contributed by atoms with Crippen LogP contribution in [0.25, 0.3) is 0 Å². The molecule has 5 rings (SSSR count). The molecule has 3 aromatic rings. The molecule has 1 aliphatic carbocycles. The molecular formula is C34H36BrN3O4. The largest absolute Gasteiger partial charge is 0.352 e. The maximum Gasteiger partial charge on any atom is 0.261 e. The molecule has 3 aromatic carbocycles. The van der Waals surface area contributed by atoms with Gasteiger partial charge in [0, 0.05) is 36.4 Å². The fourth-order valence-corrected chi connectivity index (χ4v) is 6.12. The number of benzene rings is 3. The van der Waals surface area contributed by atoms with E-state index in [2.05, 4.69) is 21.2 Å². The highest BCUT2D eigenvalue weighted by molar-refractivity contribution is 9.10. The number of carbonyl (C=O) groups is 4. The van der Waals surface area contributed by atoms with Crippen LogP contribution >= 0.6 is 15.9 Å². The van der Waals surface area contributed by atoms with Crippen molar-refractivity contribution in [3.63, 3.8) is 0 Å². The van der Waals surface area contributed by atoms with Gasteiger partial charge in [-0.1, -0.05) is 89.8 Å². The smallest absolute Gasteiger partial charge is 0.261 e. The van der Waals surface area contributed by atoms with Crippen LogP contribution in [0.1, 0.15) is 76.8 Å². The van der Waals surface area contributed by atoms with Crippen LogP contribution in [0.5, 0.6) is 0 Å². The first-order valence-corrected chi connectivity index (χ1v) is 15.5. The minimum Gasteiger partial charge on any atom is -0.352 e. The van der Waals surface area contributed by atoms with E-state index in [4.69, 9.17) is 0 Å². The molecule has 1 saturated carbocycles. The maximum atomic E-state index is 13.9. The van der Waals surface area contributed by atoms with E-state index in [0.29, 0.717) is 24.0 Å². The van der Waals surface area contributed by atoms with Crippen LogP contribution in [-0.4, -0.2) is 52.1 Å². The number of fused-ring (bicyclic) bond motifs is 1. The second-order valence-electron chi connectivity index (χ2n) is 11.1. The quantitative estimate of drug-likeness (QED) is 0.267. The molecule has 7 nitrogen and oxygen atoms in total. The number of hydrogen-bond acceptors (Lipinski definition) is 4. The van der Waals surface area contributed by atoms with Crippen molar-refractivity contribution < 1.29 is 19.2 Å². The van der Waals surface area contributed by atoms with Crippen molar-refractivity contribution in [1.82, 2.24) is 15.1 Å². The predicted molar refractivity (Wildman–Crippen MR) is 165 cm³/mol. The zero-order valence-corrected chi connectivity index (χ0v) is 25.2. The molecule has 218 valence electrons. The van der Waals surface area contributed by atoms with Crippen molar-refractivity contribution >= 4 is 39.6 Å². The summed E-state index contributed by atoms with van der Waals surface area (Å²) in [6, 6.07) is 23.7. The summed E-state index contributed by atoms with van der Waals surface area (Å²) in [4.78, 5) is 56.4. The number of nitrogens with zero attached hydrogens (tertiary/aromatic N) is 2. The van der Waals surface area contributed by atoms with Gasteiger partial charge in [-0.15, -0.1) is 0 Å². The highest BCUT2D eigenvalue weighted by atomic mass is 79.9. The Kier molecular flexibility index (Phi) is 9.85. The van der Waals surface area contributed by atoms with E-state index in [1.165, 1.54) is 11.3 Å². The molecule has 1 heterocycles. The van der Waals surface area contributed by atoms with Gasteiger partial charge in [-0.05, 0) is 54.7 Å². The van der Waals surface area contributed by atoms with Gasteiger partial charge in [0.1, 0.15) is 6.04 Å². The number of rotatable bonds is 11. The van der Waals surface area contributed by atoms with Crippen LogP contribution in [0, 0.1) is 0 Å². The van der Waals surface area contributed by atoms with E-state index in [1.54, 1.807) is 29.2 Å². The summed E-state index contributed by atoms with van der Waals surface area (Å²) in [5.41, 5.74) is 2.68. The van der Waals surface area contributed by atoms with Gasteiger partial charge in [-0.25, -0.2) is 0 Å². The summed E-state index contributed by atoms with van der Waals surface area (Å²) in [5.74, 6) is -0.988. The number of imide groups is 1. The molecule has 1 N–H and O–H groups in total. The molecule has 1 aliphatic heterocycles. The first-order valence-electron chi connectivity index (χ1n) is 14.7. The standard InChI is InChI=1S/C34H36BrN3O4/c35-26-19-17-25(18-20-26)23-38(31(39)16-9-21-37-33(41)28-14-7-8-15-29(28)34(37)42)30(22-24-10-3-1-4-11-24)32(40)36-27-12-5-2-6-13-27/h1,3-4,7-8,10-11,14-15,17-20,27,30H,2,5-6,9,12-13,16,21-23H2,(H,36,40)/t30-/m1/s1. The Balaban J connectivity index is 1.35. The van der Waals surface area contributed by atoms with Crippen molar-refractivity contribution in [3.05, 3.63) is 106 Å². The van der Waals surface area contributed by atoms with Crippen LogP contribution in [0.15, 0.2) is 83.3 Å². The van der Waals surface area contributed by atoms with E-state index < -0.39 is 6.04 Å². The first-order chi connectivity index (χ1) is 20.4. The first kappa shape index (κ1) is 29.7. The van der Waals surface area contributed by atoms with Gasteiger partial charge in [0.2, 0.25) is 11.8 Å². The Morgan fingerprint density at radius 1 is 0.833 bits per heavy atom. The van der Waals surface area contributed by atoms with Gasteiger partial charge in [-0.2, -0.15) is 0 Å². The molecule has 8 heteroatoms. The van der Waals surface area contributed by atoms with E-state index >= 15 is 0 Å². The summed E-state index contributed by atoms with van der Waals surface area (Å²) in [6.07, 6.45) is 6.06. The Morgan fingerprint density at radius 3 is 2.10 bits per heavy atom. The van der Waals surface area contributed by atoms with Crippen molar-refractivity contribution in [2.45, 2.75) is 70.0 Å². The molecule has 0 saturated heterocycles. The number of carbonyl (C=O) groups excluding carboxylic acids is 4. The zero-order valence-electron chi connectivity index (χ0n) is 23.6. The van der Waals surface area contributed by atoms with Crippen molar-refractivity contribution in [1.29, 1.82) is 0 Å². The van der Waals surface area contributed by atoms with Gasteiger partial charge in [0.05, 0.1) is 11.1 Å². The number of nitrogens with one attached hydrogen (secondary N) is 1. The second kappa shape index (κ2) is 13.9. The molecule has 4 amide bonds. The second-order valence-corrected chi connectivity index (χ2v) is 12.0. The normalized spacial score (nSPS) is 15.8. The summed E-state index contributed by atoms with van der Waals surface area (Å²) in [5, 5.41) is 3.25. The molecule has 42 heavy (non-hydrogen) atoms. The Bertz CT molecular complexity index is 1390. The van der Waals surface area contributed by atoms with E-state index in [-0.39, 0.29) is 49.2 Å². The molecule has 0 spiro atoms. The molecule has 0 aromatic heterocycles. The molecule has 0 bridgehead atoms. The van der Waals surface area contributed by atoms with E-state index in [9.17, 15) is 19.2 Å². The van der Waals surface area contributed by atoms with Crippen molar-refractivity contribution in [2.24, 2.45) is 0 Å². The summed E-state index contributed by atoms with van der Waals surface area (Å²) < 4.78 is 0.931. The Labute approximate surface area is 255 Å².